The highest BCUT2D eigenvalue weighted by Gasteiger charge is 2.02. The number of nitrogens with two attached hydrogens (primary N) is 2. The summed E-state index contributed by atoms with van der Waals surface area (Å²) in [7, 11) is 1.34. The Morgan fingerprint density at radius 3 is 2.40 bits per heavy atom. The van der Waals surface area contributed by atoms with Crippen LogP contribution in [0, 0.1) is 11.8 Å². The maximum absolute atomic E-state index is 11.1. The lowest BCUT2D eigenvalue weighted by atomic mass is 10.1. The molecule has 0 aliphatic carbocycles. The van der Waals surface area contributed by atoms with Gasteiger partial charge in [-0.3, -0.25) is 0 Å². The minimum atomic E-state index is -0.648. The number of esters is 1. The third-order valence-corrected chi connectivity index (χ3v) is 1.69. The summed E-state index contributed by atoms with van der Waals surface area (Å²) < 4.78 is 4.56. The zero-order valence-corrected chi connectivity index (χ0v) is 8.36. The number of methoxy groups -OCH3 is 1. The molecule has 4 heteroatoms. The van der Waals surface area contributed by atoms with E-state index in [1.807, 2.05) is 0 Å². The van der Waals surface area contributed by atoms with E-state index in [0.717, 1.165) is 5.56 Å². The number of rotatable bonds is 1. The second-order valence-corrected chi connectivity index (χ2v) is 2.86. The van der Waals surface area contributed by atoms with Crippen LogP contribution in [0.2, 0.25) is 0 Å². The minimum absolute atomic E-state index is 0.370. The topological polar surface area (TPSA) is 78.3 Å². The molecule has 78 valence electrons. The fourth-order valence-corrected chi connectivity index (χ4v) is 0.974. The largest absolute Gasteiger partial charge is 0.465 e. The second-order valence-electron chi connectivity index (χ2n) is 2.86. The summed E-state index contributed by atoms with van der Waals surface area (Å²) in [5, 5.41) is 0. The molecule has 0 fully saturated rings. The van der Waals surface area contributed by atoms with Gasteiger partial charge >= 0.3 is 5.97 Å². The molecule has 0 aliphatic heterocycles. The van der Waals surface area contributed by atoms with Gasteiger partial charge in [0.15, 0.2) is 0 Å². The van der Waals surface area contributed by atoms with E-state index in [0.29, 0.717) is 5.56 Å². The lowest BCUT2D eigenvalue weighted by molar-refractivity contribution is 0.0601. The molecule has 0 aromatic heterocycles. The van der Waals surface area contributed by atoms with Gasteiger partial charge in [-0.2, -0.15) is 0 Å². The molecule has 0 amide bonds. The van der Waals surface area contributed by atoms with Gasteiger partial charge in [0.2, 0.25) is 0 Å². The van der Waals surface area contributed by atoms with Crippen LogP contribution >= 0.6 is 0 Å². The Kier molecular flexibility index (Phi) is 3.86. The Morgan fingerprint density at radius 1 is 1.33 bits per heavy atom. The number of hydrogen-bond acceptors (Lipinski definition) is 4. The Hall–Kier alpha value is -1.83. The van der Waals surface area contributed by atoms with E-state index in [1.165, 1.54) is 7.11 Å². The van der Waals surface area contributed by atoms with Crippen LogP contribution in [-0.4, -0.2) is 19.2 Å². The number of hydrogen-bond donors (Lipinski definition) is 2. The van der Waals surface area contributed by atoms with Gasteiger partial charge in [0.05, 0.1) is 12.7 Å². The Balaban J connectivity index is 2.83. The second kappa shape index (κ2) is 5.15. The first-order valence-corrected chi connectivity index (χ1v) is 4.34. The summed E-state index contributed by atoms with van der Waals surface area (Å²) in [5.74, 6) is 5.02. The van der Waals surface area contributed by atoms with E-state index < -0.39 is 6.17 Å². The first-order chi connectivity index (χ1) is 7.13. The lowest BCUT2D eigenvalue weighted by Crippen LogP contribution is -2.28. The van der Waals surface area contributed by atoms with Crippen LogP contribution in [-0.2, 0) is 4.74 Å². The normalized spacial score (nSPS) is 9.33. The zero-order valence-electron chi connectivity index (χ0n) is 8.36. The predicted octanol–water partition coefficient (Wildman–Crippen LogP) is 0.0682. The Morgan fingerprint density at radius 2 is 1.93 bits per heavy atom. The van der Waals surface area contributed by atoms with Crippen molar-refractivity contribution in [3.05, 3.63) is 35.4 Å². The van der Waals surface area contributed by atoms with Crippen LogP contribution in [0.25, 0.3) is 0 Å². The molecular formula is C11H12N2O2. The van der Waals surface area contributed by atoms with Crippen molar-refractivity contribution in [2.75, 3.05) is 7.11 Å². The quantitative estimate of drug-likeness (QED) is 0.385. The first-order valence-electron chi connectivity index (χ1n) is 4.34. The molecular weight excluding hydrogens is 192 g/mol. The van der Waals surface area contributed by atoms with Crippen LogP contribution in [0.3, 0.4) is 0 Å². The van der Waals surface area contributed by atoms with Gasteiger partial charge in [-0.1, -0.05) is 11.8 Å². The summed E-state index contributed by atoms with van der Waals surface area (Å²) in [4.78, 5) is 11.1. The molecule has 0 bridgehead atoms. The minimum Gasteiger partial charge on any atom is -0.465 e. The molecule has 0 atom stereocenters. The van der Waals surface area contributed by atoms with Gasteiger partial charge in [-0.15, -0.1) is 0 Å². The van der Waals surface area contributed by atoms with Crippen molar-refractivity contribution in [1.29, 1.82) is 0 Å². The SMILES string of the molecule is COC(=O)c1ccc(C#CC(N)N)cc1. The molecule has 0 heterocycles. The highest BCUT2D eigenvalue weighted by atomic mass is 16.5. The van der Waals surface area contributed by atoms with Gasteiger partial charge in [0.25, 0.3) is 0 Å². The van der Waals surface area contributed by atoms with Crippen molar-refractivity contribution in [2.24, 2.45) is 11.5 Å². The van der Waals surface area contributed by atoms with Gasteiger partial charge in [-0.25, -0.2) is 4.79 Å². The van der Waals surface area contributed by atoms with Crippen LogP contribution in [0.1, 0.15) is 15.9 Å². The maximum Gasteiger partial charge on any atom is 0.337 e. The van der Waals surface area contributed by atoms with Gasteiger partial charge in [0, 0.05) is 5.56 Å². The highest BCUT2D eigenvalue weighted by molar-refractivity contribution is 5.89. The first kappa shape index (κ1) is 11.2. The number of carbonyl (C=O) groups is 1. The fourth-order valence-electron chi connectivity index (χ4n) is 0.974. The molecule has 0 radical (unpaired) electrons. The van der Waals surface area contributed by atoms with Crippen LogP contribution in [0.4, 0.5) is 0 Å². The van der Waals surface area contributed by atoms with E-state index in [1.54, 1.807) is 24.3 Å². The lowest BCUT2D eigenvalue weighted by Gasteiger charge is -1.98. The maximum atomic E-state index is 11.1. The molecule has 1 aromatic rings. The molecule has 1 aromatic carbocycles. The Bertz CT molecular complexity index is 399. The van der Waals surface area contributed by atoms with Crippen molar-refractivity contribution in [1.82, 2.24) is 0 Å². The number of carbonyl (C=O) groups excluding carboxylic acids is 1. The molecule has 0 saturated carbocycles. The molecule has 15 heavy (non-hydrogen) atoms. The van der Waals surface area contributed by atoms with E-state index >= 15 is 0 Å². The number of benzene rings is 1. The summed E-state index contributed by atoms with van der Waals surface area (Å²) in [6.07, 6.45) is -0.648. The van der Waals surface area contributed by atoms with Crippen molar-refractivity contribution in [2.45, 2.75) is 6.17 Å². The van der Waals surface area contributed by atoms with Gasteiger partial charge in [-0.05, 0) is 24.3 Å². The van der Waals surface area contributed by atoms with Gasteiger partial charge < -0.3 is 16.2 Å². The molecule has 4 nitrogen and oxygen atoms in total. The average molecular weight is 204 g/mol. The summed E-state index contributed by atoms with van der Waals surface area (Å²) in [5.41, 5.74) is 11.8. The van der Waals surface area contributed by atoms with E-state index in [4.69, 9.17) is 11.5 Å². The summed E-state index contributed by atoms with van der Waals surface area (Å²) in [6.45, 7) is 0. The van der Waals surface area contributed by atoms with Crippen molar-refractivity contribution in [3.63, 3.8) is 0 Å². The molecule has 0 spiro atoms. The molecule has 0 unspecified atom stereocenters. The van der Waals surface area contributed by atoms with Crippen molar-refractivity contribution in [3.8, 4) is 11.8 Å². The highest BCUT2D eigenvalue weighted by Crippen LogP contribution is 2.04. The summed E-state index contributed by atoms with van der Waals surface area (Å²) in [6, 6.07) is 6.69. The fraction of sp³-hybridized carbons (Fsp3) is 0.182. The van der Waals surface area contributed by atoms with Crippen molar-refractivity contribution < 1.29 is 9.53 Å². The van der Waals surface area contributed by atoms with E-state index in [2.05, 4.69) is 16.6 Å². The van der Waals surface area contributed by atoms with Crippen molar-refractivity contribution >= 4 is 5.97 Å². The zero-order chi connectivity index (χ0) is 11.3. The molecule has 1 rings (SSSR count). The average Bonchev–Trinajstić information content (AvgIpc) is 2.26. The van der Waals surface area contributed by atoms with Gasteiger partial charge in [0.1, 0.15) is 6.17 Å². The Labute approximate surface area is 88.2 Å². The van der Waals surface area contributed by atoms with Crippen LogP contribution in [0.5, 0.6) is 0 Å². The van der Waals surface area contributed by atoms with Crippen LogP contribution in [0.15, 0.2) is 24.3 Å². The van der Waals surface area contributed by atoms with Crippen LogP contribution < -0.4 is 11.5 Å². The monoisotopic (exact) mass is 204 g/mol. The van der Waals surface area contributed by atoms with E-state index in [9.17, 15) is 4.79 Å². The molecule has 0 aliphatic rings. The molecule has 4 N–H and O–H groups in total. The smallest absolute Gasteiger partial charge is 0.337 e. The summed E-state index contributed by atoms with van der Waals surface area (Å²) >= 11 is 0. The number of ether oxygens (including phenoxy) is 1. The third-order valence-electron chi connectivity index (χ3n) is 1.69. The predicted molar refractivity (Wildman–Crippen MR) is 56.8 cm³/mol. The van der Waals surface area contributed by atoms with E-state index in [-0.39, 0.29) is 5.97 Å². The third kappa shape index (κ3) is 3.43. The molecule has 0 saturated heterocycles. The standard InChI is InChI=1S/C11H12N2O2/c1-15-11(14)9-5-2-8(3-6-9)4-7-10(12)13/h2-3,5-6,10H,12-13H2,1H3.